The van der Waals surface area contributed by atoms with Crippen LogP contribution in [0.3, 0.4) is 0 Å². The van der Waals surface area contributed by atoms with Gasteiger partial charge in [0, 0.05) is 44.3 Å². The number of hydrazine groups is 1. The molecule has 2 aliphatic heterocycles. The van der Waals surface area contributed by atoms with Crippen molar-refractivity contribution in [3.05, 3.63) is 41.3 Å². The van der Waals surface area contributed by atoms with E-state index in [1.807, 2.05) is 12.3 Å². The number of aromatic nitrogens is 2. The summed E-state index contributed by atoms with van der Waals surface area (Å²) < 4.78 is 5.43. The van der Waals surface area contributed by atoms with Crippen molar-refractivity contribution in [1.82, 2.24) is 20.4 Å². The van der Waals surface area contributed by atoms with Crippen LogP contribution in [-0.2, 0) is 4.74 Å². The Hall–Kier alpha value is -1.69. The Balaban J connectivity index is 1.44. The van der Waals surface area contributed by atoms with E-state index >= 15 is 0 Å². The zero-order valence-electron chi connectivity index (χ0n) is 13.5. The molecule has 0 aliphatic carbocycles. The van der Waals surface area contributed by atoms with Crippen LogP contribution in [0.2, 0.25) is 5.15 Å². The molecule has 2 aliphatic rings. The third-order valence-corrected chi connectivity index (χ3v) is 4.99. The maximum atomic E-state index is 5.99. The second-order valence-corrected chi connectivity index (χ2v) is 6.81. The van der Waals surface area contributed by atoms with Gasteiger partial charge in [0.1, 0.15) is 5.15 Å². The summed E-state index contributed by atoms with van der Waals surface area (Å²) in [4.78, 5) is 8.84. The highest BCUT2D eigenvalue weighted by Crippen LogP contribution is 2.23. The molecule has 4 rings (SSSR count). The van der Waals surface area contributed by atoms with Crippen LogP contribution in [0.5, 0.6) is 0 Å². The van der Waals surface area contributed by atoms with Gasteiger partial charge in [-0.15, -0.1) is 0 Å². The lowest BCUT2D eigenvalue weighted by Crippen LogP contribution is -2.31. The van der Waals surface area contributed by atoms with Gasteiger partial charge in [0.05, 0.1) is 11.0 Å². The Morgan fingerprint density at radius 2 is 2.12 bits per heavy atom. The first-order valence-electron chi connectivity index (χ1n) is 8.49. The molecule has 0 atom stereocenters. The topological polar surface area (TPSA) is 50.3 Å². The van der Waals surface area contributed by atoms with Gasteiger partial charge >= 0.3 is 0 Å². The molecule has 1 saturated heterocycles. The molecule has 24 heavy (non-hydrogen) atoms. The van der Waals surface area contributed by atoms with Gasteiger partial charge in [-0.2, -0.15) is 0 Å². The van der Waals surface area contributed by atoms with Crippen LogP contribution >= 0.6 is 11.6 Å². The monoisotopic (exact) mass is 344 g/mol. The summed E-state index contributed by atoms with van der Waals surface area (Å²) in [7, 11) is 0. The van der Waals surface area contributed by atoms with Gasteiger partial charge in [0.2, 0.25) is 0 Å². The minimum Gasteiger partial charge on any atom is -0.381 e. The molecular formula is C18H21ClN4O. The van der Waals surface area contributed by atoms with Crippen molar-refractivity contribution in [2.45, 2.75) is 19.3 Å². The minimum atomic E-state index is 0.498. The molecule has 0 radical (unpaired) electrons. The molecule has 0 aromatic carbocycles. The molecule has 0 spiro atoms. The van der Waals surface area contributed by atoms with Crippen LogP contribution in [0.1, 0.15) is 24.8 Å². The maximum Gasteiger partial charge on any atom is 0.129 e. The van der Waals surface area contributed by atoms with Crippen LogP contribution in [0.25, 0.3) is 16.6 Å². The number of nitrogens with one attached hydrogen (secondary N) is 1. The Morgan fingerprint density at radius 3 is 3.00 bits per heavy atom. The number of hydrogen-bond donors (Lipinski definition) is 1. The number of hydrogen-bond acceptors (Lipinski definition) is 5. The van der Waals surface area contributed by atoms with Crippen molar-refractivity contribution in [3.8, 4) is 0 Å². The third kappa shape index (κ3) is 3.53. The molecule has 4 heterocycles. The predicted octanol–water partition coefficient (Wildman–Crippen LogP) is 3.26. The van der Waals surface area contributed by atoms with Gasteiger partial charge in [-0.25, -0.2) is 10.4 Å². The van der Waals surface area contributed by atoms with Gasteiger partial charge < -0.3 is 9.75 Å². The van der Waals surface area contributed by atoms with Gasteiger partial charge in [0.15, 0.2) is 0 Å². The Bertz CT molecular complexity index is 758. The SMILES string of the molecule is Clc1ccc2ncc(C3=CN(CCC4CCOCC4)NC3)cc2n1. The van der Waals surface area contributed by atoms with Crippen LogP contribution in [-0.4, -0.2) is 41.3 Å². The molecule has 1 N–H and O–H groups in total. The van der Waals surface area contributed by atoms with Crippen LogP contribution in [0, 0.1) is 5.92 Å². The van der Waals surface area contributed by atoms with Crippen molar-refractivity contribution in [2.24, 2.45) is 5.92 Å². The fraction of sp³-hybridized carbons (Fsp3) is 0.444. The van der Waals surface area contributed by atoms with E-state index in [1.54, 1.807) is 6.07 Å². The second kappa shape index (κ2) is 7.05. The molecular weight excluding hydrogens is 324 g/mol. The number of pyridine rings is 2. The smallest absolute Gasteiger partial charge is 0.129 e. The van der Waals surface area contributed by atoms with E-state index in [2.05, 4.69) is 32.7 Å². The zero-order chi connectivity index (χ0) is 16.4. The quantitative estimate of drug-likeness (QED) is 0.863. The largest absolute Gasteiger partial charge is 0.381 e. The van der Waals surface area contributed by atoms with E-state index in [4.69, 9.17) is 16.3 Å². The van der Waals surface area contributed by atoms with Gasteiger partial charge in [-0.1, -0.05) is 11.6 Å². The standard InChI is InChI=1S/C18H21ClN4O/c19-18-2-1-16-17(22-18)9-14(10-20-16)15-11-21-23(12-15)6-3-13-4-7-24-8-5-13/h1-2,9-10,12-13,21H,3-8,11H2. The van der Waals surface area contributed by atoms with Crippen molar-refractivity contribution in [1.29, 1.82) is 0 Å². The highest BCUT2D eigenvalue weighted by atomic mass is 35.5. The van der Waals surface area contributed by atoms with Gasteiger partial charge in [-0.3, -0.25) is 4.98 Å². The average Bonchev–Trinajstić information content (AvgIpc) is 3.09. The first kappa shape index (κ1) is 15.8. The number of rotatable bonds is 4. The number of nitrogens with zero attached hydrogens (tertiary/aromatic N) is 3. The molecule has 2 aromatic rings. The predicted molar refractivity (Wildman–Crippen MR) is 95.4 cm³/mol. The highest BCUT2D eigenvalue weighted by molar-refractivity contribution is 6.29. The van der Waals surface area contributed by atoms with Crippen LogP contribution < -0.4 is 5.43 Å². The van der Waals surface area contributed by atoms with Crippen molar-refractivity contribution >= 4 is 28.2 Å². The number of fused-ring (bicyclic) bond motifs is 1. The molecule has 0 unspecified atom stereocenters. The summed E-state index contributed by atoms with van der Waals surface area (Å²) in [6.07, 6.45) is 7.67. The lowest BCUT2D eigenvalue weighted by Gasteiger charge is -2.24. The zero-order valence-corrected chi connectivity index (χ0v) is 14.3. The van der Waals surface area contributed by atoms with E-state index in [0.717, 1.165) is 48.8 Å². The average molecular weight is 345 g/mol. The molecule has 2 aromatic heterocycles. The Morgan fingerprint density at radius 1 is 1.25 bits per heavy atom. The fourth-order valence-electron chi connectivity index (χ4n) is 3.30. The molecule has 5 nitrogen and oxygen atoms in total. The minimum absolute atomic E-state index is 0.498. The second-order valence-electron chi connectivity index (χ2n) is 6.42. The van der Waals surface area contributed by atoms with E-state index in [0.29, 0.717) is 5.15 Å². The van der Waals surface area contributed by atoms with Crippen LogP contribution in [0.15, 0.2) is 30.6 Å². The Kier molecular flexibility index (Phi) is 4.65. The molecule has 6 heteroatoms. The summed E-state index contributed by atoms with van der Waals surface area (Å²) >= 11 is 5.99. The normalized spacial score (nSPS) is 19.0. The molecule has 0 amide bonds. The summed E-state index contributed by atoms with van der Waals surface area (Å²) in [5.74, 6) is 0.784. The van der Waals surface area contributed by atoms with E-state index < -0.39 is 0 Å². The Labute approximate surface area is 146 Å². The molecule has 0 saturated carbocycles. The summed E-state index contributed by atoms with van der Waals surface area (Å²) in [6, 6.07) is 5.73. The molecule has 1 fully saturated rings. The highest BCUT2D eigenvalue weighted by Gasteiger charge is 2.18. The molecule has 0 bridgehead atoms. The summed E-state index contributed by atoms with van der Waals surface area (Å²) in [6.45, 7) is 3.68. The van der Waals surface area contributed by atoms with Crippen molar-refractivity contribution in [3.63, 3.8) is 0 Å². The maximum absolute atomic E-state index is 5.99. The number of halogens is 1. The van der Waals surface area contributed by atoms with E-state index in [-0.39, 0.29) is 0 Å². The summed E-state index contributed by atoms with van der Waals surface area (Å²) in [5.41, 5.74) is 7.47. The first-order chi connectivity index (χ1) is 11.8. The third-order valence-electron chi connectivity index (χ3n) is 4.78. The van der Waals surface area contributed by atoms with E-state index in [1.165, 1.54) is 24.8 Å². The van der Waals surface area contributed by atoms with Crippen LogP contribution in [0.4, 0.5) is 0 Å². The fourth-order valence-corrected chi connectivity index (χ4v) is 3.45. The summed E-state index contributed by atoms with van der Waals surface area (Å²) in [5, 5.41) is 2.69. The van der Waals surface area contributed by atoms with Crippen molar-refractivity contribution in [2.75, 3.05) is 26.3 Å². The van der Waals surface area contributed by atoms with E-state index in [9.17, 15) is 0 Å². The lowest BCUT2D eigenvalue weighted by atomic mass is 9.97. The van der Waals surface area contributed by atoms with Gasteiger partial charge in [0.25, 0.3) is 0 Å². The molecule has 126 valence electrons. The van der Waals surface area contributed by atoms with Crippen molar-refractivity contribution < 1.29 is 4.74 Å². The lowest BCUT2D eigenvalue weighted by molar-refractivity contribution is 0.0606. The number of ether oxygens (including phenoxy) is 1. The van der Waals surface area contributed by atoms with Gasteiger partial charge in [-0.05, 0) is 49.0 Å². The first-order valence-corrected chi connectivity index (χ1v) is 8.87.